The Balaban J connectivity index is 0.000000191. The summed E-state index contributed by atoms with van der Waals surface area (Å²) in [5.74, 6) is 2.17. The van der Waals surface area contributed by atoms with Gasteiger partial charge in [-0.3, -0.25) is 33.9 Å². The van der Waals surface area contributed by atoms with E-state index in [9.17, 15) is 34.1 Å². The maximum absolute atomic E-state index is 13.6. The van der Waals surface area contributed by atoms with Crippen LogP contribution in [0.5, 0.6) is 0 Å². The monoisotopic (exact) mass is 1140 g/mol. The van der Waals surface area contributed by atoms with Crippen molar-refractivity contribution in [2.24, 2.45) is 11.8 Å². The number of alkyl halides is 1. The van der Waals surface area contributed by atoms with E-state index in [2.05, 4.69) is 41.6 Å². The van der Waals surface area contributed by atoms with Crippen LogP contribution < -0.4 is 21.6 Å². The Kier molecular flexibility index (Phi) is 20.7. The van der Waals surface area contributed by atoms with Gasteiger partial charge in [-0.05, 0) is 118 Å². The van der Waals surface area contributed by atoms with Gasteiger partial charge in [-0.15, -0.1) is 22.7 Å². The van der Waals surface area contributed by atoms with Gasteiger partial charge in [0.25, 0.3) is 11.2 Å². The van der Waals surface area contributed by atoms with Crippen LogP contribution in [0.2, 0.25) is 5.02 Å². The number of aromatic nitrogens is 3. The van der Waals surface area contributed by atoms with Crippen LogP contribution in [0.15, 0.2) is 122 Å². The Morgan fingerprint density at radius 3 is 2.14 bits per heavy atom. The molecule has 4 aromatic heterocycles. The first-order valence-electron chi connectivity index (χ1n) is 20.9. The normalized spacial score (nSPS) is 12.3. The van der Waals surface area contributed by atoms with E-state index in [4.69, 9.17) is 32.4 Å². The molecule has 9 rings (SSSR count). The number of ketones is 2. The second-order valence-electron chi connectivity index (χ2n) is 15.3. The molecule has 2 aliphatic rings. The van der Waals surface area contributed by atoms with Crippen molar-refractivity contribution in [1.29, 1.82) is 0 Å². The zero-order valence-corrected chi connectivity index (χ0v) is 43.6. The maximum atomic E-state index is 13.6. The topological polar surface area (TPSA) is 238 Å². The van der Waals surface area contributed by atoms with Gasteiger partial charge in [0, 0.05) is 60.3 Å². The van der Waals surface area contributed by atoms with Crippen LogP contribution in [-0.4, -0.2) is 72.4 Å². The van der Waals surface area contributed by atoms with Gasteiger partial charge in [0.15, 0.2) is 16.7 Å². The molecule has 2 fully saturated rings. The number of benzene rings is 3. The summed E-state index contributed by atoms with van der Waals surface area (Å²) in [4.78, 5) is 78.0. The first kappa shape index (κ1) is 54.7. The van der Waals surface area contributed by atoms with E-state index in [0.717, 1.165) is 37.9 Å². The Morgan fingerprint density at radius 1 is 0.942 bits per heavy atom. The lowest BCUT2D eigenvalue weighted by molar-refractivity contribution is -0.384. The number of rotatable bonds is 11. The Morgan fingerprint density at radius 2 is 1.62 bits per heavy atom. The second-order valence-corrected chi connectivity index (χ2v) is 20.5. The van der Waals surface area contributed by atoms with Crippen molar-refractivity contribution in [3.63, 3.8) is 0 Å². The molecule has 0 spiro atoms. The first-order valence-corrected chi connectivity index (χ1v) is 25.9. The maximum Gasteiger partial charge on any atom is 0.499 e. The number of ether oxygens (including phenoxy) is 1. The van der Waals surface area contributed by atoms with Crippen LogP contribution in [0.1, 0.15) is 69.2 Å². The fourth-order valence-corrected chi connectivity index (χ4v) is 9.80. The number of carbonyl (C=O) groups excluding carboxylic acids is 3. The summed E-state index contributed by atoms with van der Waals surface area (Å²) in [6, 6.07) is 26.4. The molecule has 15 nitrogen and oxygen atoms in total. The number of nitrogens with zero attached hydrogens (tertiary/aromatic N) is 3. The number of halogens is 3. The molecule has 0 atom stereocenters. The lowest BCUT2D eigenvalue weighted by atomic mass is 9.90. The van der Waals surface area contributed by atoms with Crippen LogP contribution in [0.3, 0.4) is 0 Å². The number of methoxy groups -OCH3 is 1. The van der Waals surface area contributed by atoms with Gasteiger partial charge >= 0.3 is 13.1 Å². The third kappa shape index (κ3) is 16.7. The number of carbonyl (C=O) groups is 3. The number of nitrogens with one attached hydrogen (secondary N) is 1. The van der Waals surface area contributed by atoms with E-state index in [0.29, 0.717) is 58.5 Å². The third-order valence-electron chi connectivity index (χ3n) is 9.82. The number of nitrogen functional groups attached to an aromatic ring is 1. The van der Waals surface area contributed by atoms with E-state index < -0.39 is 18.0 Å². The summed E-state index contributed by atoms with van der Waals surface area (Å²) in [7, 11) is -0.143. The fourth-order valence-electron chi connectivity index (χ4n) is 5.73. The number of H-pyrrole nitrogens is 1. The largest absolute Gasteiger partial charge is 0.499 e. The zero-order valence-electron chi connectivity index (χ0n) is 37.2. The highest BCUT2D eigenvalue weighted by molar-refractivity contribution is 9.10. The number of nitrogens with two attached hydrogens (primary N) is 1. The Hall–Kier alpha value is -5.26. The molecule has 2 aliphatic carbocycles. The van der Waals surface area contributed by atoms with Gasteiger partial charge < -0.3 is 25.5 Å². The number of hydrogen-bond acceptors (Lipinski definition) is 15. The van der Waals surface area contributed by atoms with Gasteiger partial charge in [-0.25, -0.2) is 9.78 Å². The van der Waals surface area contributed by atoms with Crippen molar-refractivity contribution >= 4 is 130 Å². The minimum atomic E-state index is -1.46. The molecule has 2 saturated carbocycles. The van der Waals surface area contributed by atoms with Gasteiger partial charge in [-0.1, -0.05) is 73.4 Å². The van der Waals surface area contributed by atoms with Crippen LogP contribution in [-0.2, 0) is 4.74 Å². The lowest BCUT2D eigenvalue weighted by Gasteiger charge is -2.13. The highest BCUT2D eigenvalue weighted by Gasteiger charge is 2.24. The molecule has 0 saturated heterocycles. The van der Waals surface area contributed by atoms with Crippen molar-refractivity contribution in [2.75, 3.05) is 23.9 Å². The summed E-state index contributed by atoms with van der Waals surface area (Å²) < 4.78 is 7.27. The molecule has 7 aromatic rings. The minimum Gasteiger partial charge on any atom is -0.465 e. The van der Waals surface area contributed by atoms with E-state index in [1.807, 2.05) is 24.3 Å². The van der Waals surface area contributed by atoms with Crippen LogP contribution in [0, 0.1) is 22.0 Å². The molecule has 69 heavy (non-hydrogen) atoms. The molecule has 3 aromatic carbocycles. The van der Waals surface area contributed by atoms with Crippen LogP contribution in [0.25, 0.3) is 27.0 Å². The molecule has 22 heteroatoms. The number of aromatic amines is 1. The molecule has 0 bridgehead atoms. The molecule has 0 unspecified atom stereocenters. The van der Waals surface area contributed by atoms with Gasteiger partial charge in [0.1, 0.15) is 0 Å². The van der Waals surface area contributed by atoms with E-state index in [1.165, 1.54) is 91.4 Å². The average Bonchev–Trinajstić information content (AvgIpc) is 4.24. The first-order chi connectivity index (χ1) is 32.9. The van der Waals surface area contributed by atoms with Crippen molar-refractivity contribution in [3.05, 3.63) is 159 Å². The van der Waals surface area contributed by atoms with Crippen LogP contribution >= 0.6 is 77.9 Å². The number of fused-ring (bicyclic) bond motifs is 1. The second kappa shape index (κ2) is 26.1. The number of anilines is 1. The number of Topliss-reactive ketones (excluding diaryl/α,β-unsaturated/α-hetero) is 2. The van der Waals surface area contributed by atoms with Crippen molar-refractivity contribution in [3.8, 4) is 16.1 Å². The predicted molar refractivity (Wildman–Crippen MR) is 283 cm³/mol. The quantitative estimate of drug-likeness (QED) is 0.0109. The summed E-state index contributed by atoms with van der Waals surface area (Å²) >= 11 is 16.2. The molecular weight excluding hydrogens is 1100 g/mol. The van der Waals surface area contributed by atoms with E-state index in [-0.39, 0.29) is 28.4 Å². The number of thiophene rings is 2. The van der Waals surface area contributed by atoms with Crippen molar-refractivity contribution in [1.82, 2.24) is 14.5 Å². The number of non-ortho nitro benzene ring substituents is 1. The Bertz CT molecular complexity index is 3070. The highest BCUT2D eigenvalue weighted by Crippen LogP contribution is 2.36. The lowest BCUT2D eigenvalue weighted by Crippen LogP contribution is -2.26. The van der Waals surface area contributed by atoms with Crippen LogP contribution in [0.4, 0.5) is 11.4 Å². The smallest absolute Gasteiger partial charge is 0.465 e. The third-order valence-corrected chi connectivity index (χ3v) is 15.1. The van der Waals surface area contributed by atoms with E-state index >= 15 is 0 Å². The molecule has 0 radical (unpaired) electrons. The number of pyridine rings is 1. The highest BCUT2D eigenvalue weighted by atomic mass is 79.9. The van der Waals surface area contributed by atoms with Crippen molar-refractivity contribution < 1.29 is 34.1 Å². The number of thioether (sulfide) groups is 1. The average molecular weight is 1140 g/mol. The fraction of sp³-hybridized carbons (Fsp3) is 0.234. The van der Waals surface area contributed by atoms with Gasteiger partial charge in [0.2, 0.25) is 5.56 Å². The van der Waals surface area contributed by atoms with Gasteiger partial charge in [0.05, 0.1) is 43.9 Å². The zero-order chi connectivity index (χ0) is 50.4. The SMILES string of the molecule is BrCC1CC1.CC(=O)c1ccc(-c2ccc3nc(SCC4CC4)n(-c4cc[nH]c(=O)c4)c(=O)c3c2)s1.CC(=O)c1ccc(B(O)O)s1.COC(=O)c1cc(Br)ccc1N.O=[N+]([O-])c1cccc(Cl)c1. The number of nitro groups is 1. The van der Waals surface area contributed by atoms with Gasteiger partial charge in [-0.2, -0.15) is 0 Å². The number of nitro benzene ring substituents is 1. The predicted octanol–water partition coefficient (Wildman–Crippen LogP) is 10.00. The number of esters is 1. The standard InChI is InChI=1S/C23H19N3O3S2.C8H8BrNO2.C6H7BO3S.C6H4ClNO2.C4H7Br/c1-13(27)19-6-7-20(31-19)15-4-5-18-17(10-15)22(29)26(16-8-9-24-21(28)11-16)23(25-18)30-12-14-2-3-14;1-12-8(11)6-4-5(9)2-3-7(6)10;1-4(8)5-2-3-6(11-5)7(9)10;7-5-2-1-3-6(4-5)8(9)10;5-3-4-1-2-4/h4-11,14H,2-3,12H2,1H3,(H,24,28);2-4H,10H2,1H3;2-3,9-10H,1H3;1-4H;4H,1-3H2. The Labute approximate surface area is 430 Å². The molecule has 0 amide bonds. The number of hydrogen-bond donors (Lipinski definition) is 4. The minimum absolute atomic E-state index is 0.0208. The molecule has 5 N–H and O–H groups in total. The van der Waals surface area contributed by atoms with E-state index in [1.54, 1.807) is 67.2 Å². The molecular formula is C47H45BBr2ClN5O10S3. The molecule has 4 heterocycles. The molecule has 0 aliphatic heterocycles. The summed E-state index contributed by atoms with van der Waals surface area (Å²) in [5, 5.41) is 30.1. The van der Waals surface area contributed by atoms with Crippen molar-refractivity contribution in [2.45, 2.75) is 44.7 Å². The summed E-state index contributed by atoms with van der Waals surface area (Å²) in [6.45, 7) is 2.99. The summed E-state index contributed by atoms with van der Waals surface area (Å²) in [6.07, 6.45) is 6.88. The summed E-state index contributed by atoms with van der Waals surface area (Å²) in [5.41, 5.74) is 7.87. The molecule has 360 valence electrons.